The van der Waals surface area contributed by atoms with Gasteiger partial charge in [-0.15, -0.1) is 0 Å². The van der Waals surface area contributed by atoms with E-state index >= 15 is 0 Å². The first-order valence-electron chi connectivity index (χ1n) is 6.35. The number of hydrogen-bond donors (Lipinski definition) is 1. The number of ether oxygens (including phenoxy) is 2. The monoisotopic (exact) mass is 316 g/mol. The van der Waals surface area contributed by atoms with E-state index in [2.05, 4.69) is 0 Å². The first-order chi connectivity index (χ1) is 9.57. The van der Waals surface area contributed by atoms with Gasteiger partial charge in [0.05, 0.1) is 30.6 Å². The van der Waals surface area contributed by atoms with Crippen molar-refractivity contribution in [1.82, 2.24) is 0 Å². The van der Waals surface area contributed by atoms with Crippen LogP contribution in [0.5, 0.6) is 5.75 Å². The fourth-order valence-corrected chi connectivity index (χ4v) is 2.91. The number of aromatic carboxylic acids is 1. The summed E-state index contributed by atoms with van der Waals surface area (Å²) in [4.78, 5) is 10.8. The highest BCUT2D eigenvalue weighted by molar-refractivity contribution is 7.91. The minimum Gasteiger partial charge on any atom is -0.495 e. The molecule has 0 aromatic heterocycles. The Balaban J connectivity index is 3.06. The molecule has 21 heavy (non-hydrogen) atoms. The van der Waals surface area contributed by atoms with Gasteiger partial charge in [0.25, 0.3) is 0 Å². The number of rotatable bonds is 6. The molecule has 0 saturated heterocycles. The van der Waals surface area contributed by atoms with E-state index in [0.717, 1.165) is 6.07 Å². The van der Waals surface area contributed by atoms with Gasteiger partial charge < -0.3 is 14.6 Å². The molecule has 1 aromatic carbocycles. The summed E-state index contributed by atoms with van der Waals surface area (Å²) in [5.41, 5.74) is -0.547. The molecule has 1 rings (SSSR count). The van der Waals surface area contributed by atoms with Crippen LogP contribution >= 0.6 is 0 Å². The maximum atomic E-state index is 12.3. The predicted octanol–water partition coefficient (Wildman–Crippen LogP) is 1.98. The minimum absolute atomic E-state index is 0.0201. The summed E-state index contributed by atoms with van der Waals surface area (Å²) in [5.74, 6) is -1.32. The number of carboxylic acids is 1. The van der Waals surface area contributed by atoms with Gasteiger partial charge in [0.15, 0.2) is 9.84 Å². The van der Waals surface area contributed by atoms with Crippen molar-refractivity contribution < 1.29 is 27.8 Å². The number of carbonyl (C=O) groups is 1. The molecule has 0 amide bonds. The van der Waals surface area contributed by atoms with Crippen LogP contribution in [0.15, 0.2) is 23.1 Å². The van der Waals surface area contributed by atoms with Crippen molar-refractivity contribution in [3.05, 3.63) is 23.8 Å². The number of sulfone groups is 1. The Morgan fingerprint density at radius 1 is 1.29 bits per heavy atom. The Morgan fingerprint density at radius 3 is 2.38 bits per heavy atom. The molecule has 0 aliphatic carbocycles. The molecule has 0 spiro atoms. The van der Waals surface area contributed by atoms with E-state index in [-0.39, 0.29) is 28.6 Å². The molecular formula is C14H20O6S. The third kappa shape index (κ3) is 5.02. The third-order valence-corrected chi connectivity index (χ3v) is 4.33. The van der Waals surface area contributed by atoms with Crippen LogP contribution in [0.2, 0.25) is 0 Å². The first-order valence-corrected chi connectivity index (χ1v) is 8.00. The first kappa shape index (κ1) is 17.5. The summed E-state index contributed by atoms with van der Waals surface area (Å²) in [7, 11) is -2.36. The van der Waals surface area contributed by atoms with E-state index in [1.165, 1.54) is 19.2 Å². The molecule has 1 N–H and O–H groups in total. The van der Waals surface area contributed by atoms with Gasteiger partial charge in [0, 0.05) is 0 Å². The van der Waals surface area contributed by atoms with Gasteiger partial charge in [-0.3, -0.25) is 0 Å². The number of methoxy groups -OCH3 is 1. The third-order valence-electron chi connectivity index (χ3n) is 2.63. The lowest BCUT2D eigenvalue weighted by molar-refractivity contribution is 0.00644. The van der Waals surface area contributed by atoms with Crippen molar-refractivity contribution in [2.75, 3.05) is 19.5 Å². The van der Waals surface area contributed by atoms with Gasteiger partial charge in [-0.1, -0.05) is 0 Å². The molecular weight excluding hydrogens is 296 g/mol. The molecule has 0 fully saturated rings. The van der Waals surface area contributed by atoms with Gasteiger partial charge in [0.2, 0.25) is 0 Å². The van der Waals surface area contributed by atoms with E-state index in [1.807, 2.05) is 20.8 Å². The fraction of sp³-hybridized carbons (Fsp3) is 0.500. The highest BCUT2D eigenvalue weighted by atomic mass is 32.2. The van der Waals surface area contributed by atoms with Crippen LogP contribution in [-0.2, 0) is 14.6 Å². The summed E-state index contributed by atoms with van der Waals surface area (Å²) in [6.45, 7) is 5.49. The van der Waals surface area contributed by atoms with E-state index in [9.17, 15) is 13.2 Å². The van der Waals surface area contributed by atoms with Crippen LogP contribution < -0.4 is 4.74 Å². The van der Waals surface area contributed by atoms with Gasteiger partial charge in [-0.2, -0.15) is 0 Å². The predicted molar refractivity (Wildman–Crippen MR) is 77.7 cm³/mol. The highest BCUT2D eigenvalue weighted by Crippen LogP contribution is 2.26. The molecule has 0 aliphatic heterocycles. The highest BCUT2D eigenvalue weighted by Gasteiger charge is 2.22. The van der Waals surface area contributed by atoms with Crippen molar-refractivity contribution in [2.24, 2.45) is 0 Å². The van der Waals surface area contributed by atoms with E-state index in [1.54, 1.807) is 0 Å². The molecule has 6 nitrogen and oxygen atoms in total. The van der Waals surface area contributed by atoms with Crippen LogP contribution in [0.4, 0.5) is 0 Å². The van der Waals surface area contributed by atoms with Crippen molar-refractivity contribution in [1.29, 1.82) is 0 Å². The molecule has 1 aromatic rings. The molecule has 0 atom stereocenters. The zero-order valence-electron chi connectivity index (χ0n) is 12.5. The standard InChI is InChI=1S/C14H20O6S/c1-14(2,3)20-7-8-21(17,18)12-9-10(13(15)16)5-6-11(12)19-4/h5-6,9H,7-8H2,1-4H3,(H,15,16). The van der Waals surface area contributed by atoms with Gasteiger partial charge in [-0.25, -0.2) is 13.2 Å². The molecule has 0 radical (unpaired) electrons. The van der Waals surface area contributed by atoms with Crippen molar-refractivity contribution in [3.63, 3.8) is 0 Å². The lowest BCUT2D eigenvalue weighted by Gasteiger charge is -2.19. The summed E-state index contributed by atoms with van der Waals surface area (Å²) >= 11 is 0. The Morgan fingerprint density at radius 2 is 1.90 bits per heavy atom. The summed E-state index contributed by atoms with van der Waals surface area (Å²) < 4.78 is 35.0. The fourth-order valence-electron chi connectivity index (χ4n) is 1.62. The molecule has 0 aliphatic rings. The summed E-state index contributed by atoms with van der Waals surface area (Å²) in [6.07, 6.45) is 0. The van der Waals surface area contributed by atoms with Gasteiger partial charge >= 0.3 is 5.97 Å². The SMILES string of the molecule is COc1ccc(C(=O)O)cc1S(=O)(=O)CCOC(C)(C)C. The van der Waals surface area contributed by atoms with Crippen LogP contribution in [0.3, 0.4) is 0 Å². The zero-order chi connectivity index (χ0) is 16.3. The topological polar surface area (TPSA) is 89.9 Å². The maximum absolute atomic E-state index is 12.3. The normalized spacial score (nSPS) is 12.2. The Kier molecular flexibility index (Phi) is 5.36. The second-order valence-electron chi connectivity index (χ2n) is 5.45. The average Bonchev–Trinajstić information content (AvgIpc) is 2.36. The molecule has 0 bridgehead atoms. The molecule has 0 saturated carbocycles. The smallest absolute Gasteiger partial charge is 0.335 e. The van der Waals surface area contributed by atoms with Gasteiger partial charge in [0.1, 0.15) is 10.6 Å². The second kappa shape index (κ2) is 6.44. The van der Waals surface area contributed by atoms with E-state index < -0.39 is 21.4 Å². The van der Waals surface area contributed by atoms with Crippen LogP contribution in [0.1, 0.15) is 31.1 Å². The number of carboxylic acid groups (broad SMARTS) is 1. The molecule has 0 heterocycles. The van der Waals surface area contributed by atoms with Crippen LogP contribution in [0.25, 0.3) is 0 Å². The maximum Gasteiger partial charge on any atom is 0.335 e. The second-order valence-corrected chi connectivity index (χ2v) is 7.53. The average molecular weight is 316 g/mol. The molecule has 118 valence electrons. The van der Waals surface area contributed by atoms with Crippen molar-refractivity contribution in [2.45, 2.75) is 31.3 Å². The van der Waals surface area contributed by atoms with Gasteiger partial charge in [-0.05, 0) is 39.0 Å². The minimum atomic E-state index is -3.69. The Bertz CT molecular complexity index is 613. The lowest BCUT2D eigenvalue weighted by atomic mass is 10.2. The summed E-state index contributed by atoms with van der Waals surface area (Å²) in [6, 6.07) is 3.74. The quantitative estimate of drug-likeness (QED) is 0.863. The number of benzene rings is 1. The molecule has 0 unspecified atom stereocenters. The Labute approximate surface area is 124 Å². The Hall–Kier alpha value is -1.60. The van der Waals surface area contributed by atoms with Crippen molar-refractivity contribution >= 4 is 15.8 Å². The largest absolute Gasteiger partial charge is 0.495 e. The lowest BCUT2D eigenvalue weighted by Crippen LogP contribution is -2.24. The summed E-state index contributed by atoms with van der Waals surface area (Å²) in [5, 5.41) is 8.96. The molecule has 7 heteroatoms. The van der Waals surface area contributed by atoms with Crippen LogP contribution in [0, 0.1) is 0 Å². The van der Waals surface area contributed by atoms with Crippen molar-refractivity contribution in [3.8, 4) is 5.75 Å². The number of hydrogen-bond acceptors (Lipinski definition) is 5. The zero-order valence-corrected chi connectivity index (χ0v) is 13.4. The van der Waals surface area contributed by atoms with E-state index in [0.29, 0.717) is 0 Å². The van der Waals surface area contributed by atoms with Crippen LogP contribution in [-0.4, -0.2) is 44.6 Å². The van der Waals surface area contributed by atoms with E-state index in [4.69, 9.17) is 14.6 Å².